The minimum atomic E-state index is -0.227. The molecule has 8 rings (SSSR count). The van der Waals surface area contributed by atoms with E-state index in [2.05, 4.69) is 69.6 Å². The van der Waals surface area contributed by atoms with Crippen molar-refractivity contribution < 1.29 is 4.39 Å². The molecule has 2 bridgehead atoms. The SMILES string of the molecule is C[C@@H]1Cc2c([nH]c3ccccc23)[C@@H](c2ccc(NC3CN(CCCF)C3)nc2)N1[C@@H]1CCC2CC1C2. The molecule has 0 spiro atoms. The van der Waals surface area contributed by atoms with Crippen LogP contribution in [-0.2, 0) is 6.42 Å². The highest BCUT2D eigenvalue weighted by molar-refractivity contribution is 5.85. The highest BCUT2D eigenvalue weighted by Crippen LogP contribution is 2.52. The van der Waals surface area contributed by atoms with E-state index in [4.69, 9.17) is 4.98 Å². The molecule has 3 saturated carbocycles. The Morgan fingerprint density at radius 3 is 2.72 bits per heavy atom. The number of alkyl halides is 1. The Bertz CT molecular complexity index is 1210. The van der Waals surface area contributed by atoms with Crippen LogP contribution in [0.4, 0.5) is 10.2 Å². The average molecular weight is 488 g/mol. The van der Waals surface area contributed by atoms with Crippen molar-refractivity contribution in [1.29, 1.82) is 0 Å². The predicted octanol–water partition coefficient (Wildman–Crippen LogP) is 5.54. The quantitative estimate of drug-likeness (QED) is 0.459. The molecule has 36 heavy (non-hydrogen) atoms. The van der Waals surface area contributed by atoms with E-state index in [1.807, 2.05) is 0 Å². The maximum Gasteiger partial charge on any atom is 0.126 e. The Morgan fingerprint density at radius 1 is 1.11 bits per heavy atom. The zero-order chi connectivity index (χ0) is 24.2. The van der Waals surface area contributed by atoms with E-state index in [0.717, 1.165) is 43.7 Å². The zero-order valence-electron chi connectivity index (χ0n) is 21.3. The number of aromatic nitrogens is 2. The van der Waals surface area contributed by atoms with Crippen LogP contribution in [0.1, 0.15) is 61.9 Å². The molecule has 4 heterocycles. The summed E-state index contributed by atoms with van der Waals surface area (Å²) >= 11 is 0. The Balaban J connectivity index is 1.18. The molecule has 3 aromatic rings. The molecule has 2 aromatic heterocycles. The number of pyridine rings is 1. The summed E-state index contributed by atoms with van der Waals surface area (Å²) in [5.74, 6) is 2.79. The van der Waals surface area contributed by atoms with Gasteiger partial charge in [0, 0.05) is 54.5 Å². The molecule has 5 aliphatic rings. The van der Waals surface area contributed by atoms with Gasteiger partial charge in [-0.25, -0.2) is 4.98 Å². The minimum Gasteiger partial charge on any atom is -0.365 e. The molecule has 3 aliphatic carbocycles. The fraction of sp³-hybridized carbons (Fsp3) is 0.567. The van der Waals surface area contributed by atoms with E-state index >= 15 is 0 Å². The van der Waals surface area contributed by atoms with E-state index < -0.39 is 0 Å². The summed E-state index contributed by atoms with van der Waals surface area (Å²) in [6.07, 6.45) is 9.42. The van der Waals surface area contributed by atoms with Gasteiger partial charge in [0.25, 0.3) is 0 Å². The van der Waals surface area contributed by atoms with Gasteiger partial charge in [0.05, 0.1) is 18.8 Å². The monoisotopic (exact) mass is 487 g/mol. The van der Waals surface area contributed by atoms with Crippen molar-refractivity contribution in [2.45, 2.75) is 69.6 Å². The lowest BCUT2D eigenvalue weighted by atomic mass is 9.61. The number of nitrogens with zero attached hydrogens (tertiary/aromatic N) is 3. The number of para-hydroxylation sites is 1. The first-order valence-corrected chi connectivity index (χ1v) is 14.1. The maximum atomic E-state index is 12.4. The Kier molecular flexibility index (Phi) is 5.77. The lowest BCUT2D eigenvalue weighted by molar-refractivity contribution is -0.0356. The van der Waals surface area contributed by atoms with Crippen LogP contribution in [-0.4, -0.2) is 64.2 Å². The molecule has 5 nitrogen and oxygen atoms in total. The van der Waals surface area contributed by atoms with Crippen LogP contribution in [0, 0.1) is 11.8 Å². The second-order valence-corrected chi connectivity index (χ2v) is 11.8. The molecule has 2 N–H and O–H groups in total. The molecule has 190 valence electrons. The Labute approximate surface area is 213 Å². The van der Waals surface area contributed by atoms with Gasteiger partial charge >= 0.3 is 0 Å². The third kappa shape index (κ3) is 3.84. The van der Waals surface area contributed by atoms with E-state index in [9.17, 15) is 4.39 Å². The van der Waals surface area contributed by atoms with E-state index in [-0.39, 0.29) is 12.7 Å². The second kappa shape index (κ2) is 9.14. The molecule has 0 unspecified atom stereocenters. The highest BCUT2D eigenvalue weighted by Gasteiger charge is 2.48. The maximum absolute atomic E-state index is 12.4. The lowest BCUT2D eigenvalue weighted by Crippen LogP contribution is -2.56. The van der Waals surface area contributed by atoms with Gasteiger partial charge in [-0.05, 0) is 80.5 Å². The topological polar surface area (TPSA) is 47.2 Å². The number of rotatable bonds is 7. The molecular formula is C30H38FN5. The largest absolute Gasteiger partial charge is 0.365 e. The number of anilines is 1. The number of aromatic amines is 1. The summed E-state index contributed by atoms with van der Waals surface area (Å²) in [5.41, 5.74) is 5.41. The van der Waals surface area contributed by atoms with Crippen molar-refractivity contribution in [3.05, 3.63) is 59.4 Å². The van der Waals surface area contributed by atoms with E-state index in [1.54, 1.807) is 0 Å². The van der Waals surface area contributed by atoms with Crippen LogP contribution in [0.25, 0.3) is 10.9 Å². The highest BCUT2D eigenvalue weighted by atomic mass is 19.1. The first kappa shape index (κ1) is 22.7. The van der Waals surface area contributed by atoms with Crippen LogP contribution >= 0.6 is 0 Å². The van der Waals surface area contributed by atoms with Crippen LogP contribution < -0.4 is 5.32 Å². The standard InChI is InChI=1S/C30H38FN5/c1-19-13-25-24-5-2-3-6-26(24)34-29(25)30(36(19)27-9-7-20-14-22(27)15-20)21-8-10-28(32-16-21)33-23-17-35(18-23)12-4-11-31/h2-3,5-6,8,10,16,19-20,22-23,27,30,34H,4,7,9,11-15,17-18H2,1H3,(H,32,33)/t19-,20?,22?,27-,30-/m1/s1. The number of fused-ring (bicyclic) bond motifs is 5. The van der Waals surface area contributed by atoms with Crippen molar-refractivity contribution in [3.63, 3.8) is 0 Å². The predicted molar refractivity (Wildman–Crippen MR) is 143 cm³/mol. The number of benzene rings is 1. The van der Waals surface area contributed by atoms with Crippen molar-refractivity contribution in [2.75, 3.05) is 31.6 Å². The number of nitrogens with one attached hydrogen (secondary N) is 2. The summed E-state index contributed by atoms with van der Waals surface area (Å²) in [6, 6.07) is 15.1. The molecule has 2 aliphatic heterocycles. The molecule has 1 saturated heterocycles. The summed E-state index contributed by atoms with van der Waals surface area (Å²) in [4.78, 5) is 13.9. The summed E-state index contributed by atoms with van der Waals surface area (Å²) < 4.78 is 12.4. The first-order chi connectivity index (χ1) is 17.7. The molecule has 4 fully saturated rings. The fourth-order valence-corrected chi connectivity index (χ4v) is 7.70. The second-order valence-electron chi connectivity index (χ2n) is 11.8. The average Bonchev–Trinajstić information content (AvgIpc) is 3.22. The zero-order valence-corrected chi connectivity index (χ0v) is 21.3. The van der Waals surface area contributed by atoms with Crippen molar-refractivity contribution in [2.24, 2.45) is 11.8 Å². The molecule has 0 radical (unpaired) electrons. The van der Waals surface area contributed by atoms with Gasteiger partial charge in [-0.1, -0.05) is 24.3 Å². The summed E-state index contributed by atoms with van der Waals surface area (Å²) in [7, 11) is 0. The van der Waals surface area contributed by atoms with Gasteiger partial charge < -0.3 is 10.3 Å². The molecule has 6 heteroatoms. The first-order valence-electron chi connectivity index (χ1n) is 14.1. The van der Waals surface area contributed by atoms with Gasteiger partial charge in [0.15, 0.2) is 0 Å². The number of halogens is 1. The number of H-pyrrole nitrogens is 1. The van der Waals surface area contributed by atoms with Gasteiger partial charge in [-0.2, -0.15) is 0 Å². The van der Waals surface area contributed by atoms with Gasteiger partial charge in [0.2, 0.25) is 0 Å². The smallest absolute Gasteiger partial charge is 0.126 e. The third-order valence-corrected chi connectivity index (χ3v) is 9.52. The Hall–Kier alpha value is -2.44. The third-order valence-electron chi connectivity index (χ3n) is 9.52. The van der Waals surface area contributed by atoms with Crippen LogP contribution in [0.15, 0.2) is 42.6 Å². The number of hydrogen-bond acceptors (Lipinski definition) is 4. The molecule has 1 aromatic carbocycles. The van der Waals surface area contributed by atoms with E-state index in [1.165, 1.54) is 53.4 Å². The lowest BCUT2D eigenvalue weighted by Gasteiger charge is -2.55. The molecule has 3 atom stereocenters. The van der Waals surface area contributed by atoms with Crippen molar-refractivity contribution >= 4 is 16.7 Å². The normalized spacial score (nSPS) is 30.6. The summed E-state index contributed by atoms with van der Waals surface area (Å²) in [6.45, 7) is 5.01. The van der Waals surface area contributed by atoms with Gasteiger partial charge in [-0.15, -0.1) is 0 Å². The Morgan fingerprint density at radius 2 is 1.97 bits per heavy atom. The van der Waals surface area contributed by atoms with Crippen LogP contribution in [0.5, 0.6) is 0 Å². The van der Waals surface area contributed by atoms with Crippen LogP contribution in [0.3, 0.4) is 0 Å². The van der Waals surface area contributed by atoms with Crippen LogP contribution in [0.2, 0.25) is 0 Å². The fourth-order valence-electron chi connectivity index (χ4n) is 7.70. The number of likely N-dealkylation sites (tertiary alicyclic amines) is 1. The van der Waals surface area contributed by atoms with E-state index in [0.29, 0.717) is 24.5 Å². The van der Waals surface area contributed by atoms with Gasteiger partial charge in [0.1, 0.15) is 5.82 Å². The van der Waals surface area contributed by atoms with Gasteiger partial charge in [-0.3, -0.25) is 14.2 Å². The van der Waals surface area contributed by atoms with Crippen molar-refractivity contribution in [1.82, 2.24) is 19.8 Å². The van der Waals surface area contributed by atoms with Crippen molar-refractivity contribution in [3.8, 4) is 0 Å². The number of hydrogen-bond donors (Lipinski definition) is 2. The summed E-state index contributed by atoms with van der Waals surface area (Å²) in [5, 5.41) is 4.96. The molecule has 0 amide bonds. The molecular weight excluding hydrogens is 449 g/mol. The minimum absolute atomic E-state index is 0.222.